The van der Waals surface area contributed by atoms with Gasteiger partial charge in [0.25, 0.3) is 0 Å². The number of carbonyl (C=O) groups is 1. The number of sulfonamides is 1. The molecular formula is C16H19N4O3S-. The first-order valence-electron chi connectivity index (χ1n) is 7.27. The highest BCUT2D eigenvalue weighted by Gasteiger charge is 2.21. The zero-order valence-electron chi connectivity index (χ0n) is 13.9. The molecule has 0 atom stereocenters. The molecule has 1 N–H and O–H groups in total. The molecule has 2 aromatic rings. The smallest absolute Gasteiger partial charge is 0.229 e. The van der Waals surface area contributed by atoms with Crippen molar-refractivity contribution in [1.82, 2.24) is 9.97 Å². The fourth-order valence-electron chi connectivity index (χ4n) is 1.67. The molecule has 2 rings (SSSR count). The zero-order valence-corrected chi connectivity index (χ0v) is 14.8. The average Bonchev–Trinajstić information content (AvgIpc) is 2.46. The van der Waals surface area contributed by atoms with E-state index in [0.717, 1.165) is 0 Å². The van der Waals surface area contributed by atoms with Crippen LogP contribution in [0.15, 0.2) is 41.4 Å². The van der Waals surface area contributed by atoms with Crippen LogP contribution in [-0.2, 0) is 14.8 Å². The molecule has 0 spiro atoms. The SMILES string of the molecule is Cc1ccnc([N-]S(=O)(=O)c2ccc(NC(=O)C(C)(C)C)cc2)n1. The largest absolute Gasteiger partial charge is 0.366 e. The van der Waals surface area contributed by atoms with E-state index in [2.05, 4.69) is 20.0 Å². The monoisotopic (exact) mass is 347 g/mol. The van der Waals surface area contributed by atoms with Gasteiger partial charge in [-0.05, 0) is 43.1 Å². The van der Waals surface area contributed by atoms with Gasteiger partial charge in [0.05, 0.1) is 4.90 Å². The van der Waals surface area contributed by atoms with Gasteiger partial charge in [-0.2, -0.15) is 0 Å². The lowest BCUT2D eigenvalue weighted by molar-refractivity contribution is -0.123. The lowest BCUT2D eigenvalue weighted by Gasteiger charge is -2.18. The molecule has 0 saturated carbocycles. The molecule has 1 aromatic heterocycles. The molecule has 1 amide bonds. The number of nitrogens with one attached hydrogen (secondary N) is 1. The topological polar surface area (TPSA) is 103 Å². The van der Waals surface area contributed by atoms with Crippen molar-refractivity contribution in [2.45, 2.75) is 32.6 Å². The Morgan fingerprint density at radius 2 is 1.75 bits per heavy atom. The average molecular weight is 347 g/mol. The summed E-state index contributed by atoms with van der Waals surface area (Å²) in [5, 5.41) is 2.73. The first-order valence-corrected chi connectivity index (χ1v) is 8.71. The standard InChI is InChI=1S/C16H20N4O3S/c1-11-9-10-17-15(18-11)20-24(22,23)13-7-5-12(6-8-13)19-14(21)16(2,3)4/h5-10H,1-4H3,(H2,17,18,19,20,21)/p-1. The molecule has 0 aliphatic heterocycles. The van der Waals surface area contributed by atoms with Crippen LogP contribution in [-0.4, -0.2) is 24.3 Å². The Hall–Kier alpha value is -2.48. The summed E-state index contributed by atoms with van der Waals surface area (Å²) in [5.41, 5.74) is 0.600. The second-order valence-electron chi connectivity index (χ2n) is 6.29. The van der Waals surface area contributed by atoms with Gasteiger partial charge in [0.15, 0.2) is 0 Å². The highest BCUT2D eigenvalue weighted by Crippen LogP contribution is 2.25. The van der Waals surface area contributed by atoms with Crippen LogP contribution < -0.4 is 5.32 Å². The van der Waals surface area contributed by atoms with E-state index in [-0.39, 0.29) is 16.8 Å². The highest BCUT2D eigenvalue weighted by molar-refractivity contribution is 7.94. The molecule has 128 valence electrons. The van der Waals surface area contributed by atoms with E-state index in [9.17, 15) is 13.2 Å². The van der Waals surface area contributed by atoms with Crippen molar-refractivity contribution in [2.75, 3.05) is 5.32 Å². The molecule has 0 aliphatic carbocycles. The van der Waals surface area contributed by atoms with Crippen molar-refractivity contribution < 1.29 is 13.2 Å². The summed E-state index contributed by atoms with van der Waals surface area (Å²) in [6.07, 6.45) is 1.45. The van der Waals surface area contributed by atoms with Crippen LogP contribution in [0.4, 0.5) is 11.6 Å². The molecule has 0 aliphatic rings. The van der Waals surface area contributed by atoms with Gasteiger partial charge in [-0.25, -0.2) is 8.42 Å². The van der Waals surface area contributed by atoms with E-state index >= 15 is 0 Å². The molecule has 0 bridgehead atoms. The molecule has 24 heavy (non-hydrogen) atoms. The summed E-state index contributed by atoms with van der Waals surface area (Å²) >= 11 is 0. The Morgan fingerprint density at radius 3 is 2.29 bits per heavy atom. The quantitative estimate of drug-likeness (QED) is 0.915. The molecule has 0 fully saturated rings. The van der Waals surface area contributed by atoms with Crippen LogP contribution in [0, 0.1) is 12.3 Å². The molecule has 1 heterocycles. The summed E-state index contributed by atoms with van der Waals surface area (Å²) in [6.45, 7) is 7.10. The van der Waals surface area contributed by atoms with E-state index in [1.165, 1.54) is 30.5 Å². The fourth-order valence-corrected chi connectivity index (χ4v) is 2.56. The molecule has 1 aromatic carbocycles. The second-order valence-corrected chi connectivity index (χ2v) is 7.90. The van der Waals surface area contributed by atoms with Crippen molar-refractivity contribution in [3.05, 3.63) is 46.9 Å². The maximum Gasteiger partial charge on any atom is 0.229 e. The minimum absolute atomic E-state index is 0.00126. The predicted octanol–water partition coefficient (Wildman–Crippen LogP) is 3.16. The number of hydrogen-bond acceptors (Lipinski definition) is 5. The molecule has 8 heteroatoms. The van der Waals surface area contributed by atoms with Crippen LogP contribution in [0.1, 0.15) is 26.5 Å². The van der Waals surface area contributed by atoms with E-state index < -0.39 is 15.4 Å². The van der Waals surface area contributed by atoms with Crippen molar-refractivity contribution in [1.29, 1.82) is 0 Å². The van der Waals surface area contributed by atoms with Gasteiger partial charge in [-0.1, -0.05) is 26.8 Å². The minimum Gasteiger partial charge on any atom is -0.366 e. The first kappa shape index (κ1) is 17.9. The first-order chi connectivity index (χ1) is 11.1. The zero-order chi connectivity index (χ0) is 18.0. The summed E-state index contributed by atoms with van der Waals surface area (Å²) in [5.74, 6) is -0.268. The van der Waals surface area contributed by atoms with E-state index in [1.54, 1.807) is 33.8 Å². The number of carbonyl (C=O) groups excluding carboxylic acids is 1. The fraction of sp³-hybridized carbons (Fsp3) is 0.312. The maximum atomic E-state index is 12.3. The highest BCUT2D eigenvalue weighted by atomic mass is 32.2. The number of anilines is 1. The van der Waals surface area contributed by atoms with E-state index in [1.807, 2.05) is 0 Å². The van der Waals surface area contributed by atoms with Gasteiger partial charge in [-0.15, -0.1) is 0 Å². The number of benzene rings is 1. The van der Waals surface area contributed by atoms with Crippen molar-refractivity contribution >= 4 is 27.6 Å². The van der Waals surface area contributed by atoms with Crippen LogP contribution in [0.3, 0.4) is 0 Å². The predicted molar refractivity (Wildman–Crippen MR) is 91.5 cm³/mol. The third kappa shape index (κ3) is 4.51. The van der Waals surface area contributed by atoms with Gasteiger partial charge in [0.1, 0.15) is 0 Å². The van der Waals surface area contributed by atoms with Crippen molar-refractivity contribution in [2.24, 2.45) is 5.41 Å². The van der Waals surface area contributed by atoms with Crippen LogP contribution >= 0.6 is 0 Å². The van der Waals surface area contributed by atoms with Gasteiger partial charge >= 0.3 is 0 Å². The molecule has 0 unspecified atom stereocenters. The lowest BCUT2D eigenvalue weighted by atomic mass is 9.95. The normalized spacial score (nSPS) is 11.8. The van der Waals surface area contributed by atoms with Crippen molar-refractivity contribution in [3.8, 4) is 0 Å². The Kier molecular flexibility index (Phi) is 4.88. The molecule has 0 radical (unpaired) electrons. The van der Waals surface area contributed by atoms with Gasteiger partial charge in [-0.3, -0.25) is 9.52 Å². The van der Waals surface area contributed by atoms with Crippen molar-refractivity contribution in [3.63, 3.8) is 0 Å². The summed E-state index contributed by atoms with van der Waals surface area (Å²) < 4.78 is 28.2. The number of aryl methyl sites for hydroxylation is 1. The van der Waals surface area contributed by atoms with Gasteiger partial charge in [0.2, 0.25) is 15.9 Å². The lowest BCUT2D eigenvalue weighted by Crippen LogP contribution is -2.27. The molecule has 7 nitrogen and oxygen atoms in total. The summed E-state index contributed by atoms with van der Waals surface area (Å²) in [7, 11) is -3.92. The molecule has 0 saturated heterocycles. The third-order valence-electron chi connectivity index (χ3n) is 3.08. The Morgan fingerprint density at radius 1 is 1.12 bits per heavy atom. The van der Waals surface area contributed by atoms with Crippen LogP contribution in [0.25, 0.3) is 4.72 Å². The Labute approximate surface area is 141 Å². The second kappa shape index (κ2) is 6.56. The molecular weight excluding hydrogens is 328 g/mol. The number of amides is 1. The van der Waals surface area contributed by atoms with Gasteiger partial charge < -0.3 is 15.3 Å². The number of hydrogen-bond donors (Lipinski definition) is 1. The third-order valence-corrected chi connectivity index (χ3v) is 4.35. The Balaban J connectivity index is 2.16. The Bertz CT molecular complexity index is 840. The van der Waals surface area contributed by atoms with Gasteiger partial charge in [0, 0.05) is 17.1 Å². The maximum absolute atomic E-state index is 12.3. The van der Waals surface area contributed by atoms with E-state index in [0.29, 0.717) is 11.4 Å². The minimum atomic E-state index is -3.92. The summed E-state index contributed by atoms with van der Waals surface area (Å²) in [6, 6.07) is 7.45. The van der Waals surface area contributed by atoms with Crippen LogP contribution in [0.2, 0.25) is 0 Å². The number of aromatic nitrogens is 2. The van der Waals surface area contributed by atoms with Crippen LogP contribution in [0.5, 0.6) is 0 Å². The number of nitrogens with zero attached hydrogens (tertiary/aromatic N) is 3. The van der Waals surface area contributed by atoms with E-state index in [4.69, 9.17) is 0 Å². The number of rotatable bonds is 4. The summed E-state index contributed by atoms with van der Waals surface area (Å²) in [4.78, 5) is 19.7.